The summed E-state index contributed by atoms with van der Waals surface area (Å²) < 4.78 is 5.58. The number of carboxylic acids is 1. The first-order chi connectivity index (χ1) is 9.02. The van der Waals surface area contributed by atoms with Crippen molar-refractivity contribution in [3.05, 3.63) is 29.8 Å². The molecule has 1 aromatic rings. The molecule has 1 aromatic carbocycles. The van der Waals surface area contributed by atoms with Crippen molar-refractivity contribution in [3.63, 3.8) is 0 Å². The highest BCUT2D eigenvalue weighted by molar-refractivity contribution is 5.81. The molecule has 0 spiro atoms. The van der Waals surface area contributed by atoms with Crippen LogP contribution in [0.15, 0.2) is 24.3 Å². The fourth-order valence-electron chi connectivity index (χ4n) is 2.43. The number of ether oxygens (including phenoxy) is 1. The van der Waals surface area contributed by atoms with Gasteiger partial charge < -0.3 is 9.84 Å². The van der Waals surface area contributed by atoms with Crippen molar-refractivity contribution in [1.29, 1.82) is 0 Å². The third-order valence-electron chi connectivity index (χ3n) is 3.52. The zero-order valence-electron chi connectivity index (χ0n) is 12.1. The molecule has 1 rings (SSSR count). The maximum absolute atomic E-state index is 11.8. The number of rotatable bonds is 7. The van der Waals surface area contributed by atoms with Crippen LogP contribution in [-0.2, 0) is 10.3 Å². The van der Waals surface area contributed by atoms with Crippen molar-refractivity contribution in [2.75, 3.05) is 19.7 Å². The quantitative estimate of drug-likeness (QED) is 0.823. The van der Waals surface area contributed by atoms with Crippen LogP contribution in [0.25, 0.3) is 0 Å². The van der Waals surface area contributed by atoms with Gasteiger partial charge in [0.2, 0.25) is 0 Å². The zero-order chi connectivity index (χ0) is 14.5. The van der Waals surface area contributed by atoms with Crippen LogP contribution in [0.4, 0.5) is 0 Å². The molecule has 0 aliphatic rings. The zero-order valence-corrected chi connectivity index (χ0v) is 12.1. The molecule has 0 bridgehead atoms. The molecular weight excluding hydrogens is 242 g/mol. The lowest BCUT2D eigenvalue weighted by atomic mass is 9.89. The van der Waals surface area contributed by atoms with Crippen LogP contribution in [0.1, 0.15) is 33.3 Å². The summed E-state index contributed by atoms with van der Waals surface area (Å²) in [6.07, 6.45) is 0. The molecule has 0 saturated carbocycles. The average Bonchev–Trinajstić information content (AvgIpc) is 2.40. The summed E-state index contributed by atoms with van der Waals surface area (Å²) in [6.45, 7) is 9.42. The van der Waals surface area contributed by atoms with Gasteiger partial charge in [0.25, 0.3) is 0 Å². The summed E-state index contributed by atoms with van der Waals surface area (Å²) in [4.78, 5) is 13.8. The minimum absolute atomic E-state index is 0.519. The SMILES string of the molecule is CCOc1ccccc1C(C)(C(=O)O)N(CC)CC. The summed E-state index contributed by atoms with van der Waals surface area (Å²) in [5, 5.41) is 9.71. The molecule has 0 aromatic heterocycles. The molecule has 0 amide bonds. The maximum atomic E-state index is 11.8. The summed E-state index contributed by atoms with van der Waals surface area (Å²) in [7, 11) is 0. The second-order valence-corrected chi connectivity index (χ2v) is 4.48. The number of para-hydroxylation sites is 1. The lowest BCUT2D eigenvalue weighted by Crippen LogP contribution is -2.49. The molecule has 0 aliphatic heterocycles. The molecule has 4 heteroatoms. The van der Waals surface area contributed by atoms with Crippen LogP contribution < -0.4 is 4.74 Å². The lowest BCUT2D eigenvalue weighted by Gasteiger charge is -2.37. The normalized spacial score (nSPS) is 14.2. The summed E-state index contributed by atoms with van der Waals surface area (Å²) in [6, 6.07) is 7.36. The van der Waals surface area contributed by atoms with Gasteiger partial charge in [0.15, 0.2) is 0 Å². The molecule has 0 saturated heterocycles. The Balaban J connectivity index is 3.37. The molecule has 19 heavy (non-hydrogen) atoms. The molecule has 1 N–H and O–H groups in total. The van der Waals surface area contributed by atoms with Gasteiger partial charge in [-0.05, 0) is 33.0 Å². The molecule has 106 valence electrons. The van der Waals surface area contributed by atoms with Gasteiger partial charge >= 0.3 is 5.97 Å². The average molecular weight is 265 g/mol. The van der Waals surface area contributed by atoms with Gasteiger partial charge in [-0.2, -0.15) is 0 Å². The predicted octanol–water partition coefficient (Wildman–Crippen LogP) is 2.73. The monoisotopic (exact) mass is 265 g/mol. The van der Waals surface area contributed by atoms with Crippen LogP contribution in [-0.4, -0.2) is 35.7 Å². The highest BCUT2D eigenvalue weighted by Gasteiger charge is 2.42. The van der Waals surface area contributed by atoms with Crippen molar-refractivity contribution >= 4 is 5.97 Å². The van der Waals surface area contributed by atoms with Gasteiger partial charge in [-0.3, -0.25) is 4.90 Å². The Morgan fingerprint density at radius 2 is 1.84 bits per heavy atom. The Morgan fingerprint density at radius 1 is 1.26 bits per heavy atom. The first-order valence-electron chi connectivity index (χ1n) is 6.73. The van der Waals surface area contributed by atoms with Gasteiger partial charge in [-0.25, -0.2) is 4.79 Å². The Hall–Kier alpha value is -1.55. The number of nitrogens with zero attached hydrogens (tertiary/aromatic N) is 1. The minimum atomic E-state index is -1.07. The van der Waals surface area contributed by atoms with Gasteiger partial charge in [0, 0.05) is 5.56 Å². The number of aliphatic carboxylic acids is 1. The molecule has 4 nitrogen and oxygen atoms in total. The highest BCUT2D eigenvalue weighted by atomic mass is 16.5. The molecule has 0 heterocycles. The van der Waals surface area contributed by atoms with E-state index in [2.05, 4.69) is 0 Å². The highest BCUT2D eigenvalue weighted by Crippen LogP contribution is 2.35. The number of carboxylic acid groups (broad SMARTS) is 1. The minimum Gasteiger partial charge on any atom is -0.494 e. The second kappa shape index (κ2) is 6.57. The molecule has 1 atom stereocenters. The smallest absolute Gasteiger partial charge is 0.328 e. The fraction of sp³-hybridized carbons (Fsp3) is 0.533. The summed E-state index contributed by atoms with van der Waals surface area (Å²) in [5.74, 6) is -0.217. The lowest BCUT2D eigenvalue weighted by molar-refractivity contribution is -0.151. The third kappa shape index (κ3) is 2.89. The molecule has 1 unspecified atom stereocenters. The van der Waals surface area contributed by atoms with Crippen molar-refractivity contribution < 1.29 is 14.6 Å². The van der Waals surface area contributed by atoms with Crippen LogP contribution in [0.5, 0.6) is 5.75 Å². The van der Waals surface area contributed by atoms with E-state index in [9.17, 15) is 9.90 Å². The number of carbonyl (C=O) groups is 1. The van der Waals surface area contributed by atoms with Crippen molar-refractivity contribution in [2.24, 2.45) is 0 Å². The van der Waals surface area contributed by atoms with Gasteiger partial charge in [0.05, 0.1) is 6.61 Å². The Bertz CT molecular complexity index is 429. The first-order valence-corrected chi connectivity index (χ1v) is 6.73. The van der Waals surface area contributed by atoms with E-state index >= 15 is 0 Å². The Morgan fingerprint density at radius 3 is 2.32 bits per heavy atom. The van der Waals surface area contributed by atoms with E-state index < -0.39 is 11.5 Å². The van der Waals surface area contributed by atoms with Crippen molar-refractivity contribution in [1.82, 2.24) is 4.90 Å². The number of likely N-dealkylation sites (N-methyl/N-ethyl adjacent to an activating group) is 1. The topological polar surface area (TPSA) is 49.8 Å². The van der Waals surface area contributed by atoms with Gasteiger partial charge in [0.1, 0.15) is 11.3 Å². The van der Waals surface area contributed by atoms with E-state index in [4.69, 9.17) is 4.74 Å². The Kier molecular flexibility index (Phi) is 5.36. The van der Waals surface area contributed by atoms with Gasteiger partial charge in [-0.1, -0.05) is 32.0 Å². The van der Waals surface area contributed by atoms with E-state index in [1.165, 1.54) is 0 Å². The summed E-state index contributed by atoms with van der Waals surface area (Å²) in [5.41, 5.74) is -0.372. The van der Waals surface area contributed by atoms with E-state index in [1.54, 1.807) is 6.92 Å². The summed E-state index contributed by atoms with van der Waals surface area (Å²) >= 11 is 0. The van der Waals surface area contributed by atoms with E-state index in [0.717, 1.165) is 0 Å². The second-order valence-electron chi connectivity index (χ2n) is 4.48. The van der Waals surface area contributed by atoms with E-state index in [0.29, 0.717) is 31.0 Å². The molecule has 0 radical (unpaired) electrons. The van der Waals surface area contributed by atoms with Crippen molar-refractivity contribution in [2.45, 2.75) is 33.2 Å². The number of hydrogen-bond donors (Lipinski definition) is 1. The Labute approximate surface area is 115 Å². The largest absolute Gasteiger partial charge is 0.494 e. The molecule has 0 aliphatic carbocycles. The van der Waals surface area contributed by atoms with Crippen LogP contribution >= 0.6 is 0 Å². The predicted molar refractivity (Wildman–Crippen MR) is 75.5 cm³/mol. The standard InChI is InChI=1S/C15H23NO3/c1-5-16(6-2)15(4,14(17)18)12-10-8-9-11-13(12)19-7-3/h8-11H,5-7H2,1-4H3,(H,17,18). The van der Waals surface area contributed by atoms with Gasteiger partial charge in [-0.15, -0.1) is 0 Å². The van der Waals surface area contributed by atoms with E-state index in [-0.39, 0.29) is 0 Å². The van der Waals surface area contributed by atoms with Crippen LogP contribution in [0.2, 0.25) is 0 Å². The number of benzene rings is 1. The molecular formula is C15H23NO3. The van der Waals surface area contributed by atoms with E-state index in [1.807, 2.05) is 49.9 Å². The van der Waals surface area contributed by atoms with Crippen LogP contribution in [0.3, 0.4) is 0 Å². The molecule has 0 fully saturated rings. The van der Waals surface area contributed by atoms with Crippen molar-refractivity contribution in [3.8, 4) is 5.75 Å². The third-order valence-corrected chi connectivity index (χ3v) is 3.52. The first kappa shape index (κ1) is 15.5. The number of hydrogen-bond acceptors (Lipinski definition) is 3. The van der Waals surface area contributed by atoms with Crippen LogP contribution in [0, 0.1) is 0 Å². The fourth-order valence-corrected chi connectivity index (χ4v) is 2.43. The maximum Gasteiger partial charge on any atom is 0.328 e.